The first kappa shape index (κ1) is 17.1. The zero-order valence-electron chi connectivity index (χ0n) is 14.7. The predicted molar refractivity (Wildman–Crippen MR) is 98.3 cm³/mol. The molecule has 0 aromatic heterocycles. The lowest BCUT2D eigenvalue weighted by Gasteiger charge is -2.15. The average molecular weight is 340 g/mol. The first-order chi connectivity index (χ1) is 12.2. The lowest BCUT2D eigenvalue weighted by atomic mass is 10.1. The van der Waals surface area contributed by atoms with Crippen molar-refractivity contribution >= 4 is 11.6 Å². The number of rotatable bonds is 7. The Morgan fingerprint density at radius 2 is 1.84 bits per heavy atom. The van der Waals surface area contributed by atoms with Gasteiger partial charge >= 0.3 is 0 Å². The SMILES string of the molecule is COc1ccc(CNC(=O)CNc2c(OC)ccc3c2CCC3)cc1. The van der Waals surface area contributed by atoms with Gasteiger partial charge in [-0.3, -0.25) is 4.79 Å². The van der Waals surface area contributed by atoms with Crippen molar-refractivity contribution in [1.82, 2.24) is 5.32 Å². The summed E-state index contributed by atoms with van der Waals surface area (Å²) in [5.41, 5.74) is 4.62. The molecule has 132 valence electrons. The van der Waals surface area contributed by atoms with E-state index in [0.717, 1.165) is 42.0 Å². The van der Waals surface area contributed by atoms with E-state index in [9.17, 15) is 4.79 Å². The van der Waals surface area contributed by atoms with Gasteiger partial charge in [-0.05, 0) is 54.2 Å². The molecule has 0 spiro atoms. The van der Waals surface area contributed by atoms with E-state index in [0.29, 0.717) is 6.54 Å². The largest absolute Gasteiger partial charge is 0.497 e. The van der Waals surface area contributed by atoms with Gasteiger partial charge in [0.05, 0.1) is 26.5 Å². The van der Waals surface area contributed by atoms with E-state index in [-0.39, 0.29) is 12.5 Å². The van der Waals surface area contributed by atoms with Crippen molar-refractivity contribution in [2.24, 2.45) is 0 Å². The summed E-state index contributed by atoms with van der Waals surface area (Å²) in [6.45, 7) is 0.720. The Morgan fingerprint density at radius 1 is 1.04 bits per heavy atom. The average Bonchev–Trinajstić information content (AvgIpc) is 3.13. The number of ether oxygens (including phenoxy) is 2. The minimum Gasteiger partial charge on any atom is -0.497 e. The molecule has 1 aliphatic rings. The van der Waals surface area contributed by atoms with Gasteiger partial charge in [-0.15, -0.1) is 0 Å². The molecule has 1 amide bonds. The van der Waals surface area contributed by atoms with E-state index in [1.807, 2.05) is 30.3 Å². The number of amides is 1. The minimum absolute atomic E-state index is 0.0477. The highest BCUT2D eigenvalue weighted by Crippen LogP contribution is 2.36. The van der Waals surface area contributed by atoms with Crippen molar-refractivity contribution in [3.8, 4) is 11.5 Å². The molecule has 1 aliphatic carbocycles. The van der Waals surface area contributed by atoms with Crippen LogP contribution in [-0.2, 0) is 24.2 Å². The number of fused-ring (bicyclic) bond motifs is 1. The molecule has 5 nitrogen and oxygen atoms in total. The number of benzene rings is 2. The number of aryl methyl sites for hydroxylation is 1. The van der Waals surface area contributed by atoms with Crippen molar-refractivity contribution in [3.05, 3.63) is 53.1 Å². The molecule has 0 radical (unpaired) electrons. The number of nitrogens with one attached hydrogen (secondary N) is 2. The molecule has 0 atom stereocenters. The molecule has 3 rings (SSSR count). The van der Waals surface area contributed by atoms with Crippen LogP contribution in [0.3, 0.4) is 0 Å². The summed E-state index contributed by atoms with van der Waals surface area (Å²) < 4.78 is 10.6. The fourth-order valence-corrected chi connectivity index (χ4v) is 3.18. The van der Waals surface area contributed by atoms with Crippen LogP contribution in [0.15, 0.2) is 36.4 Å². The summed E-state index contributed by atoms with van der Waals surface area (Å²) in [6, 6.07) is 11.8. The molecular weight excluding hydrogens is 316 g/mol. The molecule has 25 heavy (non-hydrogen) atoms. The number of carbonyl (C=O) groups is 1. The van der Waals surface area contributed by atoms with Gasteiger partial charge in [0.2, 0.25) is 5.91 Å². The van der Waals surface area contributed by atoms with E-state index in [2.05, 4.69) is 16.7 Å². The van der Waals surface area contributed by atoms with Crippen LogP contribution in [0.5, 0.6) is 11.5 Å². The maximum absolute atomic E-state index is 12.2. The summed E-state index contributed by atoms with van der Waals surface area (Å²) in [5.74, 6) is 1.55. The standard InChI is InChI=1S/C20H24N2O3/c1-24-16-9-6-14(7-10-16)12-21-19(23)13-22-20-17-5-3-4-15(17)8-11-18(20)25-2/h6-11,22H,3-5,12-13H2,1-2H3,(H,21,23). The maximum atomic E-state index is 12.2. The van der Waals surface area contributed by atoms with Crippen LogP contribution in [-0.4, -0.2) is 26.7 Å². The van der Waals surface area contributed by atoms with Gasteiger partial charge in [0.25, 0.3) is 0 Å². The number of methoxy groups -OCH3 is 2. The second kappa shape index (κ2) is 7.92. The van der Waals surface area contributed by atoms with Crippen LogP contribution >= 0.6 is 0 Å². The van der Waals surface area contributed by atoms with E-state index in [1.54, 1.807) is 14.2 Å². The van der Waals surface area contributed by atoms with Gasteiger partial charge in [-0.2, -0.15) is 0 Å². The topological polar surface area (TPSA) is 59.6 Å². The Bertz CT molecular complexity index is 741. The van der Waals surface area contributed by atoms with Gasteiger partial charge in [-0.1, -0.05) is 18.2 Å². The molecule has 5 heteroatoms. The molecule has 2 aromatic carbocycles. The molecule has 0 fully saturated rings. The molecule has 0 bridgehead atoms. The molecule has 2 N–H and O–H groups in total. The van der Waals surface area contributed by atoms with Gasteiger partial charge in [0, 0.05) is 6.54 Å². The van der Waals surface area contributed by atoms with Crippen molar-refractivity contribution in [3.63, 3.8) is 0 Å². The second-order valence-electron chi connectivity index (χ2n) is 6.11. The highest BCUT2D eigenvalue weighted by Gasteiger charge is 2.18. The van der Waals surface area contributed by atoms with Gasteiger partial charge in [0.15, 0.2) is 0 Å². The quantitative estimate of drug-likeness (QED) is 0.814. The number of anilines is 1. The third-order valence-electron chi connectivity index (χ3n) is 4.54. The zero-order chi connectivity index (χ0) is 17.6. The Balaban J connectivity index is 1.56. The number of hydrogen-bond donors (Lipinski definition) is 2. The molecule has 0 unspecified atom stereocenters. The van der Waals surface area contributed by atoms with Gasteiger partial charge in [-0.25, -0.2) is 0 Å². The summed E-state index contributed by atoms with van der Waals surface area (Å²) >= 11 is 0. The molecule has 0 heterocycles. The zero-order valence-corrected chi connectivity index (χ0v) is 14.7. The Morgan fingerprint density at radius 3 is 2.56 bits per heavy atom. The van der Waals surface area contributed by atoms with E-state index < -0.39 is 0 Å². The van der Waals surface area contributed by atoms with Crippen LogP contribution in [0, 0.1) is 0 Å². The molecular formula is C20H24N2O3. The van der Waals surface area contributed by atoms with E-state index >= 15 is 0 Å². The summed E-state index contributed by atoms with van der Waals surface area (Å²) in [4.78, 5) is 12.2. The second-order valence-corrected chi connectivity index (χ2v) is 6.11. The third kappa shape index (κ3) is 4.05. The lowest BCUT2D eigenvalue weighted by Crippen LogP contribution is -2.29. The minimum atomic E-state index is -0.0477. The number of carbonyl (C=O) groups excluding carboxylic acids is 1. The smallest absolute Gasteiger partial charge is 0.239 e. The highest BCUT2D eigenvalue weighted by molar-refractivity contribution is 5.82. The Hall–Kier alpha value is -2.69. The van der Waals surface area contributed by atoms with Crippen LogP contribution < -0.4 is 20.1 Å². The first-order valence-corrected chi connectivity index (χ1v) is 8.53. The van der Waals surface area contributed by atoms with Crippen LogP contribution in [0.25, 0.3) is 0 Å². The highest BCUT2D eigenvalue weighted by atomic mass is 16.5. The van der Waals surface area contributed by atoms with Gasteiger partial charge < -0.3 is 20.1 Å². The van der Waals surface area contributed by atoms with Crippen molar-refractivity contribution < 1.29 is 14.3 Å². The Kier molecular flexibility index (Phi) is 5.43. The lowest BCUT2D eigenvalue weighted by molar-refractivity contribution is -0.119. The fraction of sp³-hybridized carbons (Fsp3) is 0.350. The van der Waals surface area contributed by atoms with E-state index in [4.69, 9.17) is 9.47 Å². The monoisotopic (exact) mass is 340 g/mol. The summed E-state index contributed by atoms with van der Waals surface area (Å²) in [7, 11) is 3.29. The molecule has 0 saturated carbocycles. The third-order valence-corrected chi connectivity index (χ3v) is 4.54. The van der Waals surface area contributed by atoms with Crippen LogP contribution in [0.4, 0.5) is 5.69 Å². The van der Waals surface area contributed by atoms with Gasteiger partial charge in [0.1, 0.15) is 11.5 Å². The van der Waals surface area contributed by atoms with E-state index in [1.165, 1.54) is 11.1 Å². The Labute approximate surface area is 148 Å². The van der Waals surface area contributed by atoms with Crippen LogP contribution in [0.1, 0.15) is 23.1 Å². The summed E-state index contributed by atoms with van der Waals surface area (Å²) in [6.07, 6.45) is 3.28. The molecule has 2 aromatic rings. The number of hydrogen-bond acceptors (Lipinski definition) is 4. The van der Waals surface area contributed by atoms with Crippen LogP contribution in [0.2, 0.25) is 0 Å². The maximum Gasteiger partial charge on any atom is 0.239 e. The summed E-state index contributed by atoms with van der Waals surface area (Å²) in [5, 5.41) is 6.19. The fourth-order valence-electron chi connectivity index (χ4n) is 3.18. The molecule has 0 aliphatic heterocycles. The first-order valence-electron chi connectivity index (χ1n) is 8.53. The van der Waals surface area contributed by atoms with Crippen molar-refractivity contribution in [1.29, 1.82) is 0 Å². The molecule has 0 saturated heterocycles. The van der Waals surface area contributed by atoms with Crippen molar-refractivity contribution in [2.45, 2.75) is 25.8 Å². The van der Waals surface area contributed by atoms with Crippen molar-refractivity contribution in [2.75, 3.05) is 26.1 Å². The predicted octanol–water partition coefficient (Wildman–Crippen LogP) is 2.92. The normalized spacial score (nSPS) is 12.4.